The molecule has 3 aromatic carbocycles. The molecule has 0 aliphatic heterocycles. The van der Waals surface area contributed by atoms with Gasteiger partial charge in [0.15, 0.2) is 0 Å². The molecule has 0 fully saturated rings. The van der Waals surface area contributed by atoms with Crippen LogP contribution in [0.25, 0.3) is 18.2 Å². The van der Waals surface area contributed by atoms with E-state index in [0.717, 1.165) is 0 Å². The smallest absolute Gasteiger partial charge is 0.0937 e. The summed E-state index contributed by atoms with van der Waals surface area (Å²) in [6.07, 6.45) is 11.8. The van der Waals surface area contributed by atoms with Gasteiger partial charge in [-0.2, -0.15) is 0 Å². The Labute approximate surface area is 162 Å². The number of benzene rings is 3. The monoisotopic (exact) mass is 361 g/mol. The van der Waals surface area contributed by atoms with Crippen LogP contribution >= 0.6 is 0 Å². The molecule has 0 saturated heterocycles. The van der Waals surface area contributed by atoms with Gasteiger partial charge in [0.05, 0.1) is 8.80 Å². The van der Waals surface area contributed by atoms with E-state index in [0.29, 0.717) is 11.1 Å². The van der Waals surface area contributed by atoms with Crippen molar-refractivity contribution in [2.45, 2.75) is 11.1 Å². The fourth-order valence-electron chi connectivity index (χ4n) is 4.24. The molecular weight excluding hydrogens is 340 g/mol. The molecule has 1 heteroatoms. The first-order chi connectivity index (χ1) is 13.4. The second kappa shape index (κ2) is 7.01. The van der Waals surface area contributed by atoms with Gasteiger partial charge in [-0.15, -0.1) is 0 Å². The first-order valence-corrected chi connectivity index (χ1v) is 11.3. The van der Waals surface area contributed by atoms with Crippen LogP contribution in [0.4, 0.5) is 0 Å². The summed E-state index contributed by atoms with van der Waals surface area (Å²) in [6.45, 7) is 0. The van der Waals surface area contributed by atoms with E-state index < -0.39 is 8.80 Å². The number of rotatable bonds is 4. The van der Waals surface area contributed by atoms with Crippen LogP contribution in [0.3, 0.4) is 0 Å². The Balaban J connectivity index is 1.56. The Kier molecular flexibility index (Phi) is 4.23. The first-order valence-electron chi connectivity index (χ1n) is 9.54. The largest absolute Gasteiger partial charge is 0.0998 e. The van der Waals surface area contributed by atoms with E-state index in [1.807, 2.05) is 0 Å². The van der Waals surface area contributed by atoms with Crippen molar-refractivity contribution in [3.8, 4) is 0 Å². The van der Waals surface area contributed by atoms with Crippen LogP contribution in [0.5, 0.6) is 0 Å². The van der Waals surface area contributed by atoms with E-state index in [1.54, 1.807) is 0 Å². The highest BCUT2D eigenvalue weighted by molar-refractivity contribution is 6.69. The molecule has 5 rings (SSSR count). The topological polar surface area (TPSA) is 0 Å². The molecule has 2 unspecified atom stereocenters. The van der Waals surface area contributed by atoms with Gasteiger partial charge in [-0.25, -0.2) is 0 Å². The van der Waals surface area contributed by atoms with Gasteiger partial charge >= 0.3 is 0 Å². The number of hydrogen-bond acceptors (Lipinski definition) is 0. The van der Waals surface area contributed by atoms with Crippen LogP contribution < -0.4 is 0 Å². The van der Waals surface area contributed by atoms with Crippen LogP contribution in [0.1, 0.15) is 38.9 Å². The van der Waals surface area contributed by atoms with Gasteiger partial charge in [0.2, 0.25) is 0 Å². The molecule has 0 nitrogen and oxygen atoms in total. The summed E-state index contributed by atoms with van der Waals surface area (Å²) in [5, 5.41) is 0. The SMILES string of the molecule is C(=C[Si](C1C=Cc2ccccc21)C1C=Cc2ccccc21)c1ccccc1. The van der Waals surface area contributed by atoms with Gasteiger partial charge in [0.1, 0.15) is 0 Å². The van der Waals surface area contributed by atoms with Crippen molar-refractivity contribution in [2.75, 3.05) is 0 Å². The van der Waals surface area contributed by atoms with E-state index in [4.69, 9.17) is 0 Å². The average molecular weight is 362 g/mol. The predicted octanol–water partition coefficient (Wildman–Crippen LogP) is 6.43. The zero-order chi connectivity index (χ0) is 18.1. The minimum absolute atomic E-state index is 0.506. The van der Waals surface area contributed by atoms with Crippen molar-refractivity contribution in [1.29, 1.82) is 0 Å². The van der Waals surface area contributed by atoms with Crippen LogP contribution in [0.2, 0.25) is 0 Å². The van der Waals surface area contributed by atoms with E-state index in [9.17, 15) is 0 Å². The normalized spacial score (nSPS) is 19.7. The molecule has 1 radical (unpaired) electrons. The van der Waals surface area contributed by atoms with Crippen LogP contribution in [-0.4, -0.2) is 8.80 Å². The minimum Gasteiger partial charge on any atom is -0.0937 e. The van der Waals surface area contributed by atoms with E-state index in [2.05, 4.69) is 115 Å². The second-order valence-corrected chi connectivity index (χ2v) is 9.75. The summed E-state index contributed by atoms with van der Waals surface area (Å²) in [5.41, 5.74) is 10.6. The Hall–Kier alpha value is -2.90. The minimum atomic E-state index is -0.875. The Morgan fingerprint density at radius 2 is 1.11 bits per heavy atom. The van der Waals surface area contributed by atoms with Crippen molar-refractivity contribution in [3.63, 3.8) is 0 Å². The molecule has 0 heterocycles. The molecule has 0 bridgehead atoms. The summed E-state index contributed by atoms with van der Waals surface area (Å²) >= 11 is 0. The third kappa shape index (κ3) is 3.05. The zero-order valence-electron chi connectivity index (χ0n) is 15.1. The van der Waals surface area contributed by atoms with Gasteiger partial charge in [0.25, 0.3) is 0 Å². The summed E-state index contributed by atoms with van der Waals surface area (Å²) in [4.78, 5) is 0. The molecule has 0 saturated carbocycles. The molecule has 2 aliphatic carbocycles. The third-order valence-electron chi connectivity index (χ3n) is 5.58. The van der Waals surface area contributed by atoms with Crippen molar-refractivity contribution in [2.24, 2.45) is 0 Å². The van der Waals surface area contributed by atoms with Crippen LogP contribution in [0, 0.1) is 0 Å². The lowest BCUT2D eigenvalue weighted by Crippen LogP contribution is -2.27. The third-order valence-corrected chi connectivity index (χ3v) is 8.58. The maximum atomic E-state index is 2.52. The van der Waals surface area contributed by atoms with Gasteiger partial charge in [0, 0.05) is 11.1 Å². The van der Waals surface area contributed by atoms with Crippen molar-refractivity contribution < 1.29 is 0 Å². The van der Waals surface area contributed by atoms with Gasteiger partial charge in [-0.1, -0.05) is 115 Å². The van der Waals surface area contributed by atoms with Gasteiger partial charge in [-0.3, -0.25) is 0 Å². The fourth-order valence-corrected chi connectivity index (χ4v) is 7.31. The first kappa shape index (κ1) is 16.3. The summed E-state index contributed by atoms with van der Waals surface area (Å²) in [6, 6.07) is 28.4. The van der Waals surface area contributed by atoms with Crippen molar-refractivity contribution in [1.82, 2.24) is 0 Å². The lowest BCUT2D eigenvalue weighted by atomic mass is 10.1. The molecule has 0 amide bonds. The van der Waals surface area contributed by atoms with Crippen LogP contribution in [0.15, 0.2) is 96.7 Å². The average Bonchev–Trinajstić information content (AvgIpc) is 3.34. The highest BCUT2D eigenvalue weighted by Crippen LogP contribution is 2.41. The van der Waals surface area contributed by atoms with E-state index in [-0.39, 0.29) is 0 Å². The highest BCUT2D eigenvalue weighted by Gasteiger charge is 2.34. The summed E-state index contributed by atoms with van der Waals surface area (Å²) in [5.74, 6) is 0. The Morgan fingerprint density at radius 1 is 0.593 bits per heavy atom. The standard InChI is InChI=1S/C26H21Si/c1-2-8-20(9-3-1)18-19-27(25-16-14-21-10-4-6-12-23(21)25)26-17-15-22-11-5-7-13-24(22)26/h1-19,25-26H. The predicted molar refractivity (Wildman–Crippen MR) is 118 cm³/mol. The van der Waals surface area contributed by atoms with Gasteiger partial charge < -0.3 is 0 Å². The Bertz CT molecular complexity index is 981. The molecule has 2 aliphatic rings. The van der Waals surface area contributed by atoms with E-state index >= 15 is 0 Å². The fraction of sp³-hybridized carbons (Fsp3) is 0.0769. The van der Waals surface area contributed by atoms with Crippen LogP contribution in [-0.2, 0) is 0 Å². The quantitative estimate of drug-likeness (QED) is 0.469. The number of fused-ring (bicyclic) bond motifs is 2. The summed E-state index contributed by atoms with van der Waals surface area (Å²) < 4.78 is 0. The van der Waals surface area contributed by atoms with Gasteiger partial charge in [-0.05, 0) is 27.8 Å². The summed E-state index contributed by atoms with van der Waals surface area (Å²) in [7, 11) is -0.875. The van der Waals surface area contributed by atoms with Crippen molar-refractivity contribution >= 4 is 27.0 Å². The lowest BCUT2D eigenvalue weighted by molar-refractivity contribution is 1.11. The lowest BCUT2D eigenvalue weighted by Gasteiger charge is -2.25. The molecule has 27 heavy (non-hydrogen) atoms. The second-order valence-electron chi connectivity index (χ2n) is 7.18. The Morgan fingerprint density at radius 3 is 1.70 bits per heavy atom. The molecule has 0 aromatic heterocycles. The maximum absolute atomic E-state index is 2.52. The molecule has 129 valence electrons. The van der Waals surface area contributed by atoms with Crippen molar-refractivity contribution in [3.05, 3.63) is 125 Å². The molecule has 2 atom stereocenters. The molecular formula is C26H21Si. The molecule has 0 N–H and O–H groups in total. The van der Waals surface area contributed by atoms with E-state index in [1.165, 1.54) is 27.8 Å². The number of hydrogen-bond donors (Lipinski definition) is 0. The zero-order valence-corrected chi connectivity index (χ0v) is 16.1. The highest BCUT2D eigenvalue weighted by atomic mass is 28.3. The number of allylic oxidation sites excluding steroid dienone is 2. The molecule has 3 aromatic rings. The molecule has 0 spiro atoms. The maximum Gasteiger partial charge on any atom is 0.0998 e.